The van der Waals surface area contributed by atoms with Gasteiger partial charge >= 0.3 is 0 Å². The molecule has 0 aliphatic carbocycles. The van der Waals surface area contributed by atoms with Crippen molar-refractivity contribution in [1.82, 2.24) is 4.90 Å². The van der Waals surface area contributed by atoms with Crippen LogP contribution in [-0.2, 0) is 0 Å². The molecule has 0 amide bonds. The van der Waals surface area contributed by atoms with Crippen LogP contribution in [0, 0.1) is 0 Å². The number of hydrogen-bond acceptors (Lipinski definition) is 6. The highest BCUT2D eigenvalue weighted by Gasteiger charge is 2.24. The maximum atomic E-state index is 5.95. The Morgan fingerprint density at radius 3 is 2.90 bits per heavy atom. The zero-order valence-electron chi connectivity index (χ0n) is 12.2. The molecule has 5 nitrogen and oxygen atoms in total. The molecule has 1 aliphatic rings. The minimum atomic E-state index is 0.144. The molecule has 0 aromatic heterocycles. The SMILES string of the molecule is COc1cc(C(CN)N(C)CCSC)cc2c1OCO2. The summed E-state index contributed by atoms with van der Waals surface area (Å²) in [5.41, 5.74) is 7.05. The summed E-state index contributed by atoms with van der Waals surface area (Å²) >= 11 is 1.83. The Morgan fingerprint density at radius 2 is 2.25 bits per heavy atom. The van der Waals surface area contributed by atoms with E-state index in [1.165, 1.54) is 0 Å². The van der Waals surface area contributed by atoms with E-state index in [1.54, 1.807) is 7.11 Å². The van der Waals surface area contributed by atoms with Crippen molar-refractivity contribution < 1.29 is 14.2 Å². The highest BCUT2D eigenvalue weighted by molar-refractivity contribution is 7.98. The van der Waals surface area contributed by atoms with Gasteiger partial charge in [0.2, 0.25) is 12.5 Å². The third kappa shape index (κ3) is 3.13. The van der Waals surface area contributed by atoms with Gasteiger partial charge in [-0.2, -0.15) is 11.8 Å². The van der Waals surface area contributed by atoms with E-state index in [1.807, 2.05) is 23.9 Å². The highest BCUT2D eigenvalue weighted by Crippen LogP contribution is 2.43. The van der Waals surface area contributed by atoms with Crippen LogP contribution in [0.1, 0.15) is 11.6 Å². The Bertz CT molecular complexity index is 456. The fraction of sp³-hybridized carbons (Fsp3) is 0.571. The van der Waals surface area contributed by atoms with Gasteiger partial charge in [-0.05, 0) is 31.0 Å². The summed E-state index contributed by atoms with van der Waals surface area (Å²) in [4.78, 5) is 2.26. The molecule has 112 valence electrons. The monoisotopic (exact) mass is 298 g/mol. The van der Waals surface area contributed by atoms with Crippen LogP contribution in [0.25, 0.3) is 0 Å². The van der Waals surface area contributed by atoms with Crippen molar-refractivity contribution in [3.63, 3.8) is 0 Å². The van der Waals surface area contributed by atoms with Gasteiger partial charge in [0.1, 0.15) is 0 Å². The number of methoxy groups -OCH3 is 1. The van der Waals surface area contributed by atoms with Crippen molar-refractivity contribution in [3.8, 4) is 17.2 Å². The summed E-state index contributed by atoms with van der Waals surface area (Å²) in [5, 5.41) is 0. The minimum absolute atomic E-state index is 0.144. The van der Waals surface area contributed by atoms with Gasteiger partial charge in [0, 0.05) is 24.9 Å². The van der Waals surface area contributed by atoms with E-state index in [2.05, 4.69) is 18.2 Å². The van der Waals surface area contributed by atoms with Crippen molar-refractivity contribution in [2.45, 2.75) is 6.04 Å². The number of nitrogens with two attached hydrogens (primary N) is 1. The van der Waals surface area contributed by atoms with Crippen molar-refractivity contribution in [1.29, 1.82) is 0 Å². The van der Waals surface area contributed by atoms with Crippen LogP contribution >= 0.6 is 11.8 Å². The molecule has 1 heterocycles. The zero-order chi connectivity index (χ0) is 14.5. The molecule has 0 saturated heterocycles. The molecule has 6 heteroatoms. The van der Waals surface area contributed by atoms with E-state index in [0.29, 0.717) is 18.0 Å². The Hall–Kier alpha value is -1.11. The first-order valence-electron chi connectivity index (χ1n) is 6.58. The predicted octanol–water partition coefficient (Wildman–Crippen LogP) is 1.72. The van der Waals surface area contributed by atoms with Gasteiger partial charge in [-0.25, -0.2) is 0 Å². The van der Waals surface area contributed by atoms with Gasteiger partial charge in [-0.1, -0.05) is 0 Å². The van der Waals surface area contributed by atoms with Crippen LogP contribution in [0.2, 0.25) is 0 Å². The van der Waals surface area contributed by atoms with Crippen LogP contribution in [-0.4, -0.2) is 50.9 Å². The summed E-state index contributed by atoms with van der Waals surface area (Å²) < 4.78 is 16.3. The van der Waals surface area contributed by atoms with Gasteiger partial charge in [-0.3, -0.25) is 4.90 Å². The second-order valence-electron chi connectivity index (χ2n) is 4.68. The van der Waals surface area contributed by atoms with Crippen molar-refractivity contribution >= 4 is 11.8 Å². The average Bonchev–Trinajstić information content (AvgIpc) is 2.93. The van der Waals surface area contributed by atoms with Crippen molar-refractivity contribution in [2.75, 3.05) is 46.0 Å². The van der Waals surface area contributed by atoms with Gasteiger partial charge in [-0.15, -0.1) is 0 Å². The lowest BCUT2D eigenvalue weighted by Crippen LogP contribution is -2.32. The number of rotatable bonds is 7. The maximum absolute atomic E-state index is 5.95. The maximum Gasteiger partial charge on any atom is 0.231 e. The molecule has 0 spiro atoms. The normalized spacial score (nSPS) is 14.7. The van der Waals surface area contributed by atoms with Crippen molar-refractivity contribution in [3.05, 3.63) is 17.7 Å². The fourth-order valence-electron chi connectivity index (χ4n) is 2.30. The molecule has 1 aromatic rings. The van der Waals surface area contributed by atoms with E-state index >= 15 is 0 Å². The smallest absolute Gasteiger partial charge is 0.231 e. The molecule has 2 rings (SSSR count). The molecular formula is C14H22N2O3S. The third-order valence-corrected chi connectivity index (χ3v) is 4.06. The number of thioether (sulfide) groups is 1. The molecule has 0 fully saturated rings. The first-order valence-corrected chi connectivity index (χ1v) is 7.97. The molecule has 0 saturated carbocycles. The number of likely N-dealkylation sites (N-methyl/N-ethyl adjacent to an activating group) is 1. The van der Waals surface area contributed by atoms with Crippen LogP contribution in [0.15, 0.2) is 12.1 Å². The lowest BCUT2D eigenvalue weighted by atomic mass is 10.0. The van der Waals surface area contributed by atoms with Gasteiger partial charge in [0.15, 0.2) is 11.5 Å². The predicted molar refractivity (Wildman–Crippen MR) is 81.9 cm³/mol. The Kier molecular flexibility index (Phi) is 5.39. The topological polar surface area (TPSA) is 57.0 Å². The van der Waals surface area contributed by atoms with Crippen LogP contribution in [0.4, 0.5) is 0 Å². The Morgan fingerprint density at radius 1 is 1.45 bits per heavy atom. The van der Waals surface area contributed by atoms with E-state index in [4.69, 9.17) is 19.9 Å². The first kappa shape index (κ1) is 15.3. The molecule has 1 unspecified atom stereocenters. The van der Waals surface area contributed by atoms with E-state index in [-0.39, 0.29) is 12.8 Å². The fourth-order valence-corrected chi connectivity index (χ4v) is 2.77. The second kappa shape index (κ2) is 7.06. The summed E-state index contributed by atoms with van der Waals surface area (Å²) in [6.07, 6.45) is 2.11. The molecular weight excluding hydrogens is 276 g/mol. The third-order valence-electron chi connectivity index (χ3n) is 3.47. The van der Waals surface area contributed by atoms with Gasteiger partial charge < -0.3 is 19.9 Å². The van der Waals surface area contributed by atoms with Crippen LogP contribution in [0.3, 0.4) is 0 Å². The van der Waals surface area contributed by atoms with E-state index < -0.39 is 0 Å². The summed E-state index contributed by atoms with van der Waals surface area (Å²) in [5.74, 6) is 3.19. The standard InChI is InChI=1S/C14H22N2O3S/c1-16(4-5-20-3)11(8-15)10-6-12(17-2)14-13(7-10)18-9-19-14/h6-7,11H,4-5,8-9,15H2,1-3H3. The lowest BCUT2D eigenvalue weighted by Gasteiger charge is -2.27. The minimum Gasteiger partial charge on any atom is -0.493 e. The largest absolute Gasteiger partial charge is 0.493 e. The summed E-state index contributed by atoms with van der Waals surface area (Å²) in [7, 11) is 3.72. The number of nitrogens with zero attached hydrogens (tertiary/aromatic N) is 1. The second-order valence-corrected chi connectivity index (χ2v) is 5.67. The Labute approximate surface area is 124 Å². The highest BCUT2D eigenvalue weighted by atomic mass is 32.2. The lowest BCUT2D eigenvalue weighted by molar-refractivity contribution is 0.171. The first-order chi connectivity index (χ1) is 9.71. The van der Waals surface area contributed by atoms with Crippen LogP contribution in [0.5, 0.6) is 17.2 Å². The number of fused-ring (bicyclic) bond motifs is 1. The van der Waals surface area contributed by atoms with E-state index in [9.17, 15) is 0 Å². The average molecular weight is 298 g/mol. The zero-order valence-corrected chi connectivity index (χ0v) is 13.0. The van der Waals surface area contributed by atoms with E-state index in [0.717, 1.165) is 23.6 Å². The number of ether oxygens (including phenoxy) is 3. The molecule has 0 radical (unpaired) electrons. The number of hydrogen-bond donors (Lipinski definition) is 1. The van der Waals surface area contributed by atoms with Crippen LogP contribution < -0.4 is 19.9 Å². The molecule has 2 N–H and O–H groups in total. The molecule has 0 bridgehead atoms. The quantitative estimate of drug-likeness (QED) is 0.827. The summed E-state index contributed by atoms with van der Waals surface area (Å²) in [6, 6.07) is 4.13. The summed E-state index contributed by atoms with van der Waals surface area (Å²) in [6.45, 7) is 1.78. The van der Waals surface area contributed by atoms with Gasteiger partial charge in [0.05, 0.1) is 7.11 Å². The molecule has 20 heavy (non-hydrogen) atoms. The molecule has 1 aliphatic heterocycles. The Balaban J connectivity index is 2.25. The van der Waals surface area contributed by atoms with Crippen molar-refractivity contribution in [2.24, 2.45) is 5.73 Å². The number of benzene rings is 1. The molecule has 1 aromatic carbocycles. The molecule has 1 atom stereocenters. The van der Waals surface area contributed by atoms with Gasteiger partial charge in [0.25, 0.3) is 0 Å².